The SMILES string of the molecule is CCC1(CNC(=O)N2C(C(=O)O)CSC2C(C)C)CC1. The van der Waals surface area contributed by atoms with Gasteiger partial charge >= 0.3 is 12.0 Å². The van der Waals surface area contributed by atoms with Gasteiger partial charge in [-0.1, -0.05) is 20.8 Å². The van der Waals surface area contributed by atoms with E-state index in [1.54, 1.807) is 11.8 Å². The molecule has 6 heteroatoms. The van der Waals surface area contributed by atoms with Crippen LogP contribution in [0.4, 0.5) is 4.79 Å². The van der Waals surface area contributed by atoms with E-state index in [-0.39, 0.29) is 22.7 Å². The third kappa shape index (κ3) is 3.05. The van der Waals surface area contributed by atoms with Gasteiger partial charge in [-0.25, -0.2) is 9.59 Å². The zero-order valence-corrected chi connectivity index (χ0v) is 13.2. The Morgan fingerprint density at radius 1 is 1.45 bits per heavy atom. The normalized spacial score (nSPS) is 27.7. The van der Waals surface area contributed by atoms with Crippen molar-refractivity contribution < 1.29 is 14.7 Å². The molecular weight excluding hydrogens is 276 g/mol. The first-order valence-corrected chi connectivity index (χ1v) is 8.35. The van der Waals surface area contributed by atoms with Crippen LogP contribution in [0.3, 0.4) is 0 Å². The summed E-state index contributed by atoms with van der Waals surface area (Å²) in [5.74, 6) is -0.187. The molecule has 1 aliphatic heterocycles. The van der Waals surface area contributed by atoms with Crippen LogP contribution >= 0.6 is 11.8 Å². The Bertz CT molecular complexity index is 396. The van der Waals surface area contributed by atoms with Crippen LogP contribution in [0.1, 0.15) is 40.0 Å². The van der Waals surface area contributed by atoms with Crippen LogP contribution in [-0.4, -0.2) is 45.7 Å². The van der Waals surface area contributed by atoms with Crippen LogP contribution in [0, 0.1) is 11.3 Å². The molecule has 2 aliphatic rings. The first-order valence-electron chi connectivity index (χ1n) is 7.31. The fourth-order valence-corrected chi connectivity index (χ4v) is 4.15. The summed E-state index contributed by atoms with van der Waals surface area (Å²) in [7, 11) is 0. The van der Waals surface area contributed by atoms with Crippen LogP contribution < -0.4 is 5.32 Å². The zero-order valence-electron chi connectivity index (χ0n) is 12.4. The number of carbonyl (C=O) groups is 2. The number of amides is 2. The molecule has 0 bridgehead atoms. The van der Waals surface area contributed by atoms with Crippen molar-refractivity contribution in [1.82, 2.24) is 10.2 Å². The lowest BCUT2D eigenvalue weighted by Crippen LogP contribution is -2.52. The van der Waals surface area contributed by atoms with Crippen LogP contribution in [0.15, 0.2) is 0 Å². The largest absolute Gasteiger partial charge is 0.480 e. The molecule has 1 saturated heterocycles. The van der Waals surface area contributed by atoms with Gasteiger partial charge in [0, 0.05) is 12.3 Å². The molecule has 1 aliphatic carbocycles. The van der Waals surface area contributed by atoms with Gasteiger partial charge in [-0.05, 0) is 30.6 Å². The molecule has 1 saturated carbocycles. The molecular formula is C14H24N2O3S. The highest BCUT2D eigenvalue weighted by atomic mass is 32.2. The predicted octanol–water partition coefficient (Wildman–Crippen LogP) is 2.37. The summed E-state index contributed by atoms with van der Waals surface area (Å²) in [6.45, 7) is 6.86. The maximum Gasteiger partial charge on any atom is 0.327 e. The Labute approximate surface area is 124 Å². The second-order valence-corrected chi connectivity index (χ2v) is 7.39. The van der Waals surface area contributed by atoms with Crippen molar-refractivity contribution in [1.29, 1.82) is 0 Å². The van der Waals surface area contributed by atoms with Crippen molar-refractivity contribution in [3.63, 3.8) is 0 Å². The van der Waals surface area contributed by atoms with Crippen LogP contribution in [0.2, 0.25) is 0 Å². The van der Waals surface area contributed by atoms with E-state index in [1.807, 2.05) is 13.8 Å². The van der Waals surface area contributed by atoms with Crippen molar-refractivity contribution in [2.24, 2.45) is 11.3 Å². The number of nitrogens with zero attached hydrogens (tertiary/aromatic N) is 1. The van der Waals surface area contributed by atoms with E-state index in [0.29, 0.717) is 12.3 Å². The van der Waals surface area contributed by atoms with Gasteiger partial charge in [0.05, 0.1) is 5.37 Å². The first-order chi connectivity index (χ1) is 9.40. The molecule has 1 heterocycles. The minimum absolute atomic E-state index is 0.0483. The lowest BCUT2D eigenvalue weighted by molar-refractivity contribution is -0.141. The van der Waals surface area contributed by atoms with Crippen molar-refractivity contribution in [3.8, 4) is 0 Å². The number of thioether (sulfide) groups is 1. The van der Waals surface area contributed by atoms with Gasteiger partial charge in [0.15, 0.2) is 0 Å². The Kier molecular flexibility index (Phi) is 4.52. The summed E-state index contributed by atoms with van der Waals surface area (Å²) in [6, 6.07) is -0.926. The molecule has 2 fully saturated rings. The van der Waals surface area contributed by atoms with Crippen molar-refractivity contribution in [2.45, 2.75) is 51.4 Å². The Morgan fingerprint density at radius 2 is 2.10 bits per heavy atom. The fraction of sp³-hybridized carbons (Fsp3) is 0.857. The smallest absolute Gasteiger partial charge is 0.327 e. The number of carbonyl (C=O) groups excluding carboxylic acids is 1. The molecule has 2 rings (SSSR count). The highest BCUT2D eigenvalue weighted by molar-refractivity contribution is 8.00. The van der Waals surface area contributed by atoms with E-state index in [1.165, 1.54) is 4.90 Å². The van der Waals surface area contributed by atoms with E-state index >= 15 is 0 Å². The molecule has 2 unspecified atom stereocenters. The Balaban J connectivity index is 2.01. The fourth-order valence-electron chi connectivity index (χ4n) is 2.68. The van der Waals surface area contributed by atoms with Gasteiger partial charge < -0.3 is 10.4 Å². The Morgan fingerprint density at radius 3 is 2.55 bits per heavy atom. The number of carboxylic acid groups (broad SMARTS) is 1. The summed E-state index contributed by atoms with van der Waals surface area (Å²) in [5, 5.41) is 12.2. The molecule has 0 aromatic carbocycles. The molecule has 2 amide bonds. The highest BCUT2D eigenvalue weighted by Gasteiger charge is 2.45. The van der Waals surface area contributed by atoms with E-state index < -0.39 is 12.0 Å². The monoisotopic (exact) mass is 300 g/mol. The van der Waals surface area contributed by atoms with Crippen LogP contribution in [0.5, 0.6) is 0 Å². The van der Waals surface area contributed by atoms with Gasteiger partial charge in [0.1, 0.15) is 6.04 Å². The van der Waals surface area contributed by atoms with E-state index in [2.05, 4.69) is 12.2 Å². The van der Waals surface area contributed by atoms with Gasteiger partial charge in [-0.15, -0.1) is 11.8 Å². The highest BCUT2D eigenvalue weighted by Crippen LogP contribution is 2.48. The van der Waals surface area contributed by atoms with E-state index in [9.17, 15) is 14.7 Å². The van der Waals surface area contributed by atoms with Crippen LogP contribution in [0.25, 0.3) is 0 Å². The van der Waals surface area contributed by atoms with Gasteiger partial charge in [-0.2, -0.15) is 0 Å². The standard InChI is InChI=1S/C14H24N2O3S/c1-4-14(5-6-14)8-15-13(19)16-10(12(17)18)7-20-11(16)9(2)3/h9-11H,4-8H2,1-3H3,(H,15,19)(H,17,18). The molecule has 20 heavy (non-hydrogen) atoms. The number of carboxylic acids is 1. The maximum atomic E-state index is 12.4. The molecule has 0 aromatic heterocycles. The molecule has 2 N–H and O–H groups in total. The lowest BCUT2D eigenvalue weighted by Gasteiger charge is -2.30. The molecule has 114 valence electrons. The number of hydrogen-bond acceptors (Lipinski definition) is 3. The van der Waals surface area contributed by atoms with E-state index in [0.717, 1.165) is 19.3 Å². The average molecular weight is 300 g/mol. The molecule has 0 aromatic rings. The van der Waals surface area contributed by atoms with Gasteiger partial charge in [-0.3, -0.25) is 4.90 Å². The summed E-state index contributed by atoms with van der Waals surface area (Å²) < 4.78 is 0. The third-order valence-corrected chi connectivity index (χ3v) is 6.07. The second kappa shape index (κ2) is 5.84. The molecule has 0 radical (unpaired) electrons. The first kappa shape index (κ1) is 15.5. The maximum absolute atomic E-state index is 12.4. The molecule has 5 nitrogen and oxygen atoms in total. The van der Waals surface area contributed by atoms with E-state index in [4.69, 9.17) is 0 Å². The predicted molar refractivity (Wildman–Crippen MR) is 79.7 cm³/mol. The summed E-state index contributed by atoms with van der Waals surface area (Å²) in [6.07, 6.45) is 3.39. The minimum atomic E-state index is -0.910. The Hall–Kier alpha value is -0.910. The number of hydrogen-bond donors (Lipinski definition) is 2. The molecule has 0 spiro atoms. The summed E-state index contributed by atoms with van der Waals surface area (Å²) >= 11 is 1.56. The van der Waals surface area contributed by atoms with Crippen molar-refractivity contribution in [3.05, 3.63) is 0 Å². The van der Waals surface area contributed by atoms with Crippen molar-refractivity contribution >= 4 is 23.8 Å². The number of urea groups is 1. The third-order valence-electron chi connectivity index (χ3n) is 4.45. The lowest BCUT2D eigenvalue weighted by atomic mass is 10.0. The number of rotatable bonds is 5. The van der Waals surface area contributed by atoms with Crippen molar-refractivity contribution in [2.75, 3.05) is 12.3 Å². The number of aliphatic carboxylic acids is 1. The van der Waals surface area contributed by atoms with Gasteiger partial charge in [0.25, 0.3) is 0 Å². The zero-order chi connectivity index (χ0) is 14.9. The summed E-state index contributed by atoms with van der Waals surface area (Å²) in [5.41, 5.74) is 0.272. The number of nitrogens with one attached hydrogen (secondary N) is 1. The second-order valence-electron chi connectivity index (χ2n) is 6.24. The topological polar surface area (TPSA) is 69.6 Å². The average Bonchev–Trinajstić information content (AvgIpc) is 3.03. The summed E-state index contributed by atoms with van der Waals surface area (Å²) in [4.78, 5) is 25.3. The quantitative estimate of drug-likeness (QED) is 0.818. The minimum Gasteiger partial charge on any atom is -0.480 e. The van der Waals surface area contributed by atoms with Crippen LogP contribution in [-0.2, 0) is 4.79 Å². The van der Waals surface area contributed by atoms with Gasteiger partial charge in [0.2, 0.25) is 0 Å². The molecule has 2 atom stereocenters.